The van der Waals surface area contributed by atoms with Crippen LogP contribution in [0.2, 0.25) is 10.0 Å². The summed E-state index contributed by atoms with van der Waals surface area (Å²) in [6, 6.07) is 22.6. The highest BCUT2D eigenvalue weighted by molar-refractivity contribution is 7.80. The molecule has 1 fully saturated rings. The number of anilines is 1. The molecule has 1 amide bonds. The smallest absolute Gasteiger partial charge is 0.226 e. The highest BCUT2D eigenvalue weighted by Gasteiger charge is 2.41. The molecule has 2 N–H and O–H groups in total. The SMILES string of the molecule is Cc1ccc(NC(=O)CCN2C(=S)N[C@H](c3ccccn3)[C@@H]2c2cccn2-c2ccc(Cl)cc2Cl)cc1. The quantitative estimate of drug-likeness (QED) is 0.258. The summed E-state index contributed by atoms with van der Waals surface area (Å²) in [5, 5.41) is 8.09. The Hall–Kier alpha value is -3.39. The van der Waals surface area contributed by atoms with Crippen molar-refractivity contribution in [3.05, 3.63) is 112 Å². The fourth-order valence-electron chi connectivity index (χ4n) is 4.58. The Morgan fingerprint density at radius 3 is 2.62 bits per heavy atom. The predicted molar refractivity (Wildman–Crippen MR) is 152 cm³/mol. The number of hydrogen-bond acceptors (Lipinski definition) is 3. The number of hydrogen-bond donors (Lipinski definition) is 2. The van der Waals surface area contributed by atoms with Crippen LogP contribution in [0.4, 0.5) is 5.69 Å². The lowest BCUT2D eigenvalue weighted by molar-refractivity contribution is -0.116. The zero-order valence-electron chi connectivity index (χ0n) is 20.1. The number of nitrogens with zero attached hydrogens (tertiary/aromatic N) is 3. The van der Waals surface area contributed by atoms with E-state index in [-0.39, 0.29) is 24.4 Å². The average molecular weight is 551 g/mol. The third kappa shape index (κ3) is 5.49. The van der Waals surface area contributed by atoms with Crippen LogP contribution < -0.4 is 10.6 Å². The van der Waals surface area contributed by atoms with Crippen molar-refractivity contribution in [1.82, 2.24) is 19.8 Å². The molecule has 188 valence electrons. The summed E-state index contributed by atoms with van der Waals surface area (Å²) < 4.78 is 2.04. The molecule has 1 saturated heterocycles. The van der Waals surface area contributed by atoms with Gasteiger partial charge in [0.25, 0.3) is 0 Å². The van der Waals surface area contributed by atoms with Crippen molar-refractivity contribution in [3.63, 3.8) is 0 Å². The van der Waals surface area contributed by atoms with Crippen molar-refractivity contribution in [2.75, 3.05) is 11.9 Å². The van der Waals surface area contributed by atoms with Crippen LogP contribution >= 0.6 is 35.4 Å². The van der Waals surface area contributed by atoms with E-state index in [4.69, 9.17) is 35.4 Å². The van der Waals surface area contributed by atoms with Crippen molar-refractivity contribution < 1.29 is 4.79 Å². The first-order valence-electron chi connectivity index (χ1n) is 11.9. The molecule has 6 nitrogen and oxygen atoms in total. The van der Waals surface area contributed by atoms with E-state index < -0.39 is 0 Å². The van der Waals surface area contributed by atoms with Gasteiger partial charge in [-0.1, -0.05) is 47.0 Å². The van der Waals surface area contributed by atoms with Gasteiger partial charge in [0, 0.05) is 41.8 Å². The van der Waals surface area contributed by atoms with Crippen LogP contribution in [-0.2, 0) is 4.79 Å². The molecular formula is C28H25Cl2N5OS. The van der Waals surface area contributed by atoms with Gasteiger partial charge in [0.1, 0.15) is 0 Å². The van der Waals surface area contributed by atoms with Gasteiger partial charge in [0.05, 0.1) is 28.5 Å². The number of benzene rings is 2. The van der Waals surface area contributed by atoms with Crippen LogP contribution in [0, 0.1) is 6.92 Å². The maximum absolute atomic E-state index is 12.8. The molecular weight excluding hydrogens is 525 g/mol. The summed E-state index contributed by atoms with van der Waals surface area (Å²) >= 11 is 18.5. The number of carbonyl (C=O) groups is 1. The molecule has 0 saturated carbocycles. The topological polar surface area (TPSA) is 62.2 Å². The zero-order chi connectivity index (χ0) is 25.9. The molecule has 9 heteroatoms. The largest absolute Gasteiger partial charge is 0.352 e. The molecule has 37 heavy (non-hydrogen) atoms. The molecule has 2 aromatic heterocycles. The Morgan fingerprint density at radius 2 is 1.89 bits per heavy atom. The summed E-state index contributed by atoms with van der Waals surface area (Å²) in [5.74, 6) is -0.0807. The monoisotopic (exact) mass is 549 g/mol. The normalized spacial score (nSPS) is 17.1. The van der Waals surface area contributed by atoms with Gasteiger partial charge in [-0.05, 0) is 73.7 Å². The van der Waals surface area contributed by atoms with Crippen LogP contribution in [0.3, 0.4) is 0 Å². The number of nitrogens with one attached hydrogen (secondary N) is 2. The van der Waals surface area contributed by atoms with Crippen LogP contribution in [0.25, 0.3) is 5.69 Å². The van der Waals surface area contributed by atoms with E-state index in [2.05, 4.69) is 20.5 Å². The van der Waals surface area contributed by atoms with Crippen molar-refractivity contribution in [2.24, 2.45) is 0 Å². The third-order valence-electron chi connectivity index (χ3n) is 6.37. The van der Waals surface area contributed by atoms with Crippen molar-refractivity contribution in [1.29, 1.82) is 0 Å². The van der Waals surface area contributed by atoms with E-state index in [0.29, 0.717) is 21.7 Å². The molecule has 4 aromatic rings. The van der Waals surface area contributed by atoms with Gasteiger partial charge >= 0.3 is 0 Å². The molecule has 0 unspecified atom stereocenters. The van der Waals surface area contributed by atoms with Crippen molar-refractivity contribution in [2.45, 2.75) is 25.4 Å². The number of thiocarbonyl (C=S) groups is 1. The van der Waals surface area contributed by atoms with Crippen molar-refractivity contribution in [3.8, 4) is 5.69 Å². The summed E-state index contributed by atoms with van der Waals surface area (Å²) in [6.07, 6.45) is 4.00. The molecule has 0 bridgehead atoms. The van der Waals surface area contributed by atoms with Gasteiger partial charge in [0.2, 0.25) is 5.91 Å². The molecule has 3 heterocycles. The Balaban J connectivity index is 1.45. The second kappa shape index (κ2) is 10.9. The predicted octanol–water partition coefficient (Wildman–Crippen LogP) is 6.49. The Bertz CT molecular complexity index is 1420. The van der Waals surface area contributed by atoms with E-state index in [0.717, 1.165) is 28.3 Å². The van der Waals surface area contributed by atoms with Gasteiger partial charge in [0.15, 0.2) is 5.11 Å². The highest BCUT2D eigenvalue weighted by Crippen LogP contribution is 2.40. The van der Waals surface area contributed by atoms with Crippen LogP contribution in [-0.4, -0.2) is 32.0 Å². The van der Waals surface area contributed by atoms with E-state index in [1.54, 1.807) is 12.3 Å². The number of carbonyl (C=O) groups excluding carboxylic acids is 1. The molecule has 1 aliphatic heterocycles. The first-order valence-corrected chi connectivity index (χ1v) is 13.0. The van der Waals surface area contributed by atoms with Gasteiger partial charge in [-0.25, -0.2) is 0 Å². The average Bonchev–Trinajstić information content (AvgIpc) is 3.48. The molecule has 2 atom stereocenters. The molecule has 0 spiro atoms. The minimum Gasteiger partial charge on any atom is -0.352 e. The molecule has 0 aliphatic carbocycles. The summed E-state index contributed by atoms with van der Waals surface area (Å²) in [7, 11) is 0. The van der Waals surface area contributed by atoms with Gasteiger partial charge in [-0.3, -0.25) is 9.78 Å². The van der Waals surface area contributed by atoms with Crippen molar-refractivity contribution >= 4 is 52.1 Å². The number of rotatable bonds is 7. The fraction of sp³-hybridized carbons (Fsp3) is 0.179. The fourth-order valence-corrected chi connectivity index (χ4v) is 5.41. The molecule has 1 aliphatic rings. The van der Waals surface area contributed by atoms with E-state index in [1.165, 1.54) is 0 Å². The molecule has 5 rings (SSSR count). The minimum atomic E-state index is -0.226. The first kappa shape index (κ1) is 25.3. The third-order valence-corrected chi connectivity index (χ3v) is 7.26. The number of aryl methyl sites for hydroxylation is 1. The molecule has 0 radical (unpaired) electrons. The van der Waals surface area contributed by atoms with E-state index in [9.17, 15) is 4.79 Å². The van der Waals surface area contributed by atoms with Gasteiger partial charge < -0.3 is 20.1 Å². The van der Waals surface area contributed by atoms with Gasteiger partial charge in [-0.15, -0.1) is 0 Å². The second-order valence-electron chi connectivity index (χ2n) is 8.88. The number of halogens is 2. The Morgan fingerprint density at radius 1 is 1.08 bits per heavy atom. The van der Waals surface area contributed by atoms with E-state index >= 15 is 0 Å². The lowest BCUT2D eigenvalue weighted by Crippen LogP contribution is -2.33. The van der Waals surface area contributed by atoms with Crippen LogP contribution in [0.1, 0.15) is 35.5 Å². The van der Waals surface area contributed by atoms with Gasteiger partial charge in [-0.2, -0.15) is 0 Å². The number of aromatic nitrogens is 2. The standard InChI is InChI=1S/C28H25Cl2N5OS/c1-18-7-10-20(11-8-18)32-25(36)13-16-35-27(26(33-28(35)37)22-5-2-3-14-31-22)24-6-4-15-34(24)23-12-9-19(29)17-21(23)30/h2-12,14-15,17,26-27H,13,16H2,1H3,(H,32,36)(H,33,37)/t26-,27+/m1/s1. The maximum Gasteiger partial charge on any atom is 0.226 e. The Labute approximate surface area is 231 Å². The number of amides is 1. The van der Waals surface area contributed by atoms with E-state index in [1.807, 2.05) is 84.4 Å². The minimum absolute atomic E-state index is 0.0807. The summed E-state index contributed by atoms with van der Waals surface area (Å²) in [4.78, 5) is 19.5. The second-order valence-corrected chi connectivity index (χ2v) is 10.1. The lowest BCUT2D eigenvalue weighted by Gasteiger charge is -2.29. The van der Waals surface area contributed by atoms with Crippen LogP contribution in [0.5, 0.6) is 0 Å². The number of pyridine rings is 1. The van der Waals surface area contributed by atoms with Crippen LogP contribution in [0.15, 0.2) is 85.2 Å². The molecule has 2 aromatic carbocycles. The highest BCUT2D eigenvalue weighted by atomic mass is 35.5. The zero-order valence-corrected chi connectivity index (χ0v) is 22.4. The summed E-state index contributed by atoms with van der Waals surface area (Å²) in [6.45, 7) is 2.44. The maximum atomic E-state index is 12.8. The summed E-state index contributed by atoms with van der Waals surface area (Å²) in [5.41, 5.74) is 4.54. The first-order chi connectivity index (χ1) is 17.9. The lowest BCUT2D eigenvalue weighted by atomic mass is 10.0. The Kier molecular flexibility index (Phi) is 7.46.